The summed E-state index contributed by atoms with van der Waals surface area (Å²) in [6.07, 6.45) is 8.58. The van der Waals surface area contributed by atoms with Gasteiger partial charge in [-0.25, -0.2) is 0 Å². The Hall–Kier alpha value is -0.300. The zero-order valence-corrected chi connectivity index (χ0v) is 20.4. The zero-order valence-electron chi connectivity index (χ0n) is 14.0. The highest BCUT2D eigenvalue weighted by Gasteiger charge is 2.23. The van der Waals surface area contributed by atoms with Gasteiger partial charge in [0, 0.05) is 30.3 Å². The van der Waals surface area contributed by atoms with Crippen LogP contribution in [0.2, 0.25) is 0 Å². The predicted octanol–water partition coefficient (Wildman–Crippen LogP) is 7.59. The molecule has 0 aromatic heterocycles. The van der Waals surface area contributed by atoms with E-state index in [1.807, 2.05) is 24.6 Å². The van der Waals surface area contributed by atoms with Crippen LogP contribution in [0, 0.1) is 0 Å². The molecule has 0 aliphatic heterocycles. The van der Waals surface area contributed by atoms with E-state index in [4.69, 9.17) is 9.98 Å². The van der Waals surface area contributed by atoms with Gasteiger partial charge in [-0.15, -0.1) is 0 Å². The van der Waals surface area contributed by atoms with E-state index in [2.05, 4.69) is 88.0 Å². The van der Waals surface area contributed by atoms with E-state index in [9.17, 15) is 0 Å². The molecule has 0 bridgehead atoms. The summed E-state index contributed by atoms with van der Waals surface area (Å²) in [7, 11) is 0. The van der Waals surface area contributed by atoms with Gasteiger partial charge in [0.15, 0.2) is 0 Å². The van der Waals surface area contributed by atoms with Gasteiger partial charge >= 0.3 is 0 Å². The Bertz CT molecular complexity index is 723. The molecule has 26 heavy (non-hydrogen) atoms. The van der Waals surface area contributed by atoms with E-state index in [-0.39, 0.29) is 12.1 Å². The predicted molar refractivity (Wildman–Crippen MR) is 125 cm³/mol. The number of hydrogen-bond donors (Lipinski definition) is 0. The molecule has 1 aliphatic carbocycles. The first-order valence-corrected chi connectivity index (χ1v) is 11.7. The second-order valence-corrected chi connectivity index (χ2v) is 10.0. The van der Waals surface area contributed by atoms with Gasteiger partial charge in [0.25, 0.3) is 0 Å². The van der Waals surface area contributed by atoms with Crippen LogP contribution in [-0.2, 0) is 0 Å². The Balaban J connectivity index is 1.75. The van der Waals surface area contributed by atoms with Crippen molar-refractivity contribution in [2.75, 3.05) is 0 Å². The van der Waals surface area contributed by atoms with Crippen molar-refractivity contribution in [2.24, 2.45) is 9.98 Å². The molecular formula is C20H18Br4N2. The maximum atomic E-state index is 4.87. The highest BCUT2D eigenvalue weighted by atomic mass is 79.9. The topological polar surface area (TPSA) is 24.7 Å². The number of rotatable bonds is 4. The average molecular weight is 606 g/mol. The molecule has 0 saturated heterocycles. The van der Waals surface area contributed by atoms with Crippen molar-refractivity contribution in [3.8, 4) is 0 Å². The minimum Gasteiger partial charge on any atom is -0.287 e. The van der Waals surface area contributed by atoms with Crippen molar-refractivity contribution in [1.29, 1.82) is 0 Å². The number of halogens is 4. The molecule has 0 radical (unpaired) electrons. The van der Waals surface area contributed by atoms with Crippen molar-refractivity contribution < 1.29 is 0 Å². The Morgan fingerprint density at radius 3 is 1.31 bits per heavy atom. The van der Waals surface area contributed by atoms with Gasteiger partial charge in [-0.1, -0.05) is 76.6 Å². The fourth-order valence-electron chi connectivity index (χ4n) is 3.10. The minimum absolute atomic E-state index is 0.244. The van der Waals surface area contributed by atoms with Crippen LogP contribution in [0.1, 0.15) is 36.8 Å². The molecule has 0 unspecified atom stereocenters. The number of benzene rings is 2. The summed E-state index contributed by atoms with van der Waals surface area (Å²) in [5, 5.41) is 0. The SMILES string of the molecule is Brc1cc(Br)cc(C=N[C@@H]2CCCC[C@H]2N=Cc2cc(Br)cc(Br)c2)c1. The summed E-state index contributed by atoms with van der Waals surface area (Å²) in [5.41, 5.74) is 2.19. The van der Waals surface area contributed by atoms with E-state index in [1.54, 1.807) is 0 Å². The van der Waals surface area contributed by atoms with E-state index < -0.39 is 0 Å². The molecule has 2 aromatic carbocycles. The van der Waals surface area contributed by atoms with Crippen LogP contribution in [0.5, 0.6) is 0 Å². The minimum atomic E-state index is 0.244. The van der Waals surface area contributed by atoms with Crippen molar-refractivity contribution >= 4 is 76.1 Å². The van der Waals surface area contributed by atoms with E-state index in [0.717, 1.165) is 41.9 Å². The van der Waals surface area contributed by atoms with Crippen LogP contribution in [0.25, 0.3) is 0 Å². The third-order valence-corrected chi connectivity index (χ3v) is 6.13. The van der Waals surface area contributed by atoms with Crippen LogP contribution in [0.15, 0.2) is 64.3 Å². The third kappa shape index (κ3) is 6.11. The van der Waals surface area contributed by atoms with E-state index in [0.29, 0.717) is 0 Å². The van der Waals surface area contributed by atoms with Crippen molar-refractivity contribution in [3.63, 3.8) is 0 Å². The van der Waals surface area contributed by atoms with Gasteiger partial charge < -0.3 is 0 Å². The van der Waals surface area contributed by atoms with Gasteiger partial charge in [-0.3, -0.25) is 9.98 Å². The summed E-state index contributed by atoms with van der Waals surface area (Å²) < 4.78 is 4.19. The lowest BCUT2D eigenvalue weighted by molar-refractivity contribution is 0.390. The molecular weight excluding hydrogens is 588 g/mol. The Kier molecular flexibility index (Phi) is 7.67. The number of hydrogen-bond acceptors (Lipinski definition) is 2. The summed E-state index contributed by atoms with van der Waals surface area (Å²) in [6, 6.07) is 12.9. The van der Waals surface area contributed by atoms with Gasteiger partial charge in [-0.05, 0) is 60.4 Å². The molecule has 1 fully saturated rings. The molecule has 3 rings (SSSR count). The first-order chi connectivity index (χ1) is 12.5. The summed E-state index contributed by atoms with van der Waals surface area (Å²) >= 11 is 14.1. The lowest BCUT2D eigenvalue weighted by Crippen LogP contribution is -2.27. The number of aliphatic imine (C=N–C) groups is 2. The van der Waals surface area contributed by atoms with Crippen molar-refractivity contribution in [2.45, 2.75) is 37.8 Å². The fraction of sp³-hybridized carbons (Fsp3) is 0.300. The van der Waals surface area contributed by atoms with Gasteiger partial charge in [0.05, 0.1) is 12.1 Å². The Morgan fingerprint density at radius 2 is 0.962 bits per heavy atom. The maximum Gasteiger partial charge on any atom is 0.0723 e. The molecule has 0 amide bonds. The average Bonchev–Trinajstić information content (AvgIpc) is 2.57. The molecule has 136 valence electrons. The smallest absolute Gasteiger partial charge is 0.0723 e. The lowest BCUT2D eigenvalue weighted by Gasteiger charge is -2.25. The van der Waals surface area contributed by atoms with Crippen LogP contribution in [-0.4, -0.2) is 24.5 Å². The second kappa shape index (κ2) is 9.76. The van der Waals surface area contributed by atoms with Crippen molar-refractivity contribution in [1.82, 2.24) is 0 Å². The van der Waals surface area contributed by atoms with E-state index in [1.165, 1.54) is 12.8 Å². The normalized spacial score (nSPS) is 20.9. The first kappa shape index (κ1) is 20.4. The summed E-state index contributed by atoms with van der Waals surface area (Å²) in [5.74, 6) is 0. The van der Waals surface area contributed by atoms with E-state index >= 15 is 0 Å². The zero-order chi connectivity index (χ0) is 18.5. The third-order valence-electron chi connectivity index (χ3n) is 4.29. The van der Waals surface area contributed by atoms with Crippen LogP contribution in [0.3, 0.4) is 0 Å². The second-order valence-electron chi connectivity index (χ2n) is 6.38. The highest BCUT2D eigenvalue weighted by Crippen LogP contribution is 2.25. The van der Waals surface area contributed by atoms with Gasteiger partial charge in [-0.2, -0.15) is 0 Å². The standard InChI is InChI=1S/C20H18Br4N2/c21-15-5-13(6-16(22)9-15)11-25-19-3-1-2-4-20(19)26-12-14-7-17(23)10-18(24)8-14/h5-12,19-20H,1-4H2/t19-,20-/m1/s1. The lowest BCUT2D eigenvalue weighted by atomic mass is 9.91. The molecule has 0 spiro atoms. The fourth-order valence-corrected chi connectivity index (χ4v) is 5.76. The molecule has 0 N–H and O–H groups in total. The first-order valence-electron chi connectivity index (χ1n) is 8.48. The molecule has 1 aliphatic rings. The van der Waals surface area contributed by atoms with Gasteiger partial charge in [0.1, 0.15) is 0 Å². The monoisotopic (exact) mass is 602 g/mol. The van der Waals surface area contributed by atoms with Crippen LogP contribution in [0.4, 0.5) is 0 Å². The van der Waals surface area contributed by atoms with Crippen LogP contribution >= 0.6 is 63.7 Å². The maximum absolute atomic E-state index is 4.87. The Morgan fingerprint density at radius 1 is 0.615 bits per heavy atom. The summed E-state index contributed by atoms with van der Waals surface area (Å²) in [6.45, 7) is 0. The summed E-state index contributed by atoms with van der Waals surface area (Å²) in [4.78, 5) is 9.73. The highest BCUT2D eigenvalue weighted by molar-refractivity contribution is 9.11. The molecule has 2 aromatic rings. The molecule has 2 nitrogen and oxygen atoms in total. The molecule has 0 heterocycles. The quantitative estimate of drug-likeness (QED) is 0.321. The Labute approximate surface area is 188 Å². The van der Waals surface area contributed by atoms with Crippen molar-refractivity contribution in [3.05, 3.63) is 65.4 Å². The molecule has 1 saturated carbocycles. The van der Waals surface area contributed by atoms with Crippen LogP contribution < -0.4 is 0 Å². The molecule has 2 atom stereocenters. The van der Waals surface area contributed by atoms with Gasteiger partial charge in [0.2, 0.25) is 0 Å². The largest absolute Gasteiger partial charge is 0.287 e. The number of nitrogens with zero attached hydrogens (tertiary/aromatic N) is 2. The molecule has 6 heteroatoms.